The second kappa shape index (κ2) is 14.9. The van der Waals surface area contributed by atoms with Crippen LogP contribution in [0, 0.1) is 0 Å². The number of fused-ring (bicyclic) bond motifs is 6. The molecule has 0 fully saturated rings. The Morgan fingerprint density at radius 2 is 1.03 bits per heavy atom. The van der Waals surface area contributed by atoms with Crippen LogP contribution in [0.15, 0.2) is 222 Å². The first-order chi connectivity index (χ1) is 30.7. The molecule has 1 aliphatic carbocycles. The molecule has 0 saturated carbocycles. The van der Waals surface area contributed by atoms with Crippen LogP contribution in [0.3, 0.4) is 0 Å². The summed E-state index contributed by atoms with van der Waals surface area (Å²) in [6.07, 6.45) is 8.34. The molecule has 1 atom stereocenters. The molecule has 3 heterocycles. The van der Waals surface area contributed by atoms with Gasteiger partial charge in [-0.2, -0.15) is 0 Å². The van der Waals surface area contributed by atoms with Crippen molar-refractivity contribution in [1.29, 1.82) is 0 Å². The van der Waals surface area contributed by atoms with Crippen molar-refractivity contribution < 1.29 is 0 Å². The predicted octanol–water partition coefficient (Wildman–Crippen LogP) is 13.9. The Bertz CT molecular complexity index is 3460. The molecule has 2 aliphatic rings. The summed E-state index contributed by atoms with van der Waals surface area (Å²) in [4.78, 5) is 10.6. The van der Waals surface area contributed by atoms with Gasteiger partial charge < -0.3 is 14.5 Å². The molecule has 0 spiro atoms. The number of allylic oxidation sites excluding steroid dienone is 4. The van der Waals surface area contributed by atoms with E-state index in [1.165, 1.54) is 66.1 Å². The molecule has 0 saturated heterocycles. The van der Waals surface area contributed by atoms with E-state index in [4.69, 9.17) is 9.98 Å². The Labute approximate surface area is 360 Å². The van der Waals surface area contributed by atoms with Crippen molar-refractivity contribution in [2.75, 3.05) is 0 Å². The van der Waals surface area contributed by atoms with Crippen LogP contribution in [0.5, 0.6) is 0 Å². The van der Waals surface area contributed by atoms with E-state index in [1.54, 1.807) is 0 Å². The van der Waals surface area contributed by atoms with Crippen LogP contribution in [0.2, 0.25) is 0 Å². The number of aromatic nitrogens is 2. The van der Waals surface area contributed by atoms with Crippen LogP contribution in [0.25, 0.3) is 77.1 Å². The van der Waals surface area contributed by atoms with Gasteiger partial charge in [0.1, 0.15) is 5.84 Å². The molecular formula is C57H41N5. The molecule has 1 N–H and O–H groups in total. The van der Waals surface area contributed by atoms with Crippen LogP contribution in [0.4, 0.5) is 0 Å². The lowest BCUT2D eigenvalue weighted by Crippen LogP contribution is -2.36. The molecule has 12 rings (SSSR count). The summed E-state index contributed by atoms with van der Waals surface area (Å²) >= 11 is 0. The maximum atomic E-state index is 5.43. The summed E-state index contributed by atoms with van der Waals surface area (Å²) in [5.41, 5.74) is 15.1. The average molecular weight is 796 g/mol. The van der Waals surface area contributed by atoms with Gasteiger partial charge in [-0.3, -0.25) is 0 Å². The van der Waals surface area contributed by atoms with Gasteiger partial charge in [0.05, 0.1) is 27.8 Å². The molecule has 1 aliphatic heterocycles. The minimum absolute atomic E-state index is 0.469. The monoisotopic (exact) mass is 795 g/mol. The van der Waals surface area contributed by atoms with Gasteiger partial charge in [-0.25, -0.2) is 9.98 Å². The van der Waals surface area contributed by atoms with Gasteiger partial charge in [-0.1, -0.05) is 176 Å². The summed E-state index contributed by atoms with van der Waals surface area (Å²) < 4.78 is 4.86. The highest BCUT2D eigenvalue weighted by atomic mass is 15.3. The number of amidine groups is 2. The highest BCUT2D eigenvalue weighted by Gasteiger charge is 2.26. The van der Waals surface area contributed by atoms with Gasteiger partial charge >= 0.3 is 0 Å². The molecule has 0 amide bonds. The second-order valence-corrected chi connectivity index (χ2v) is 16.1. The van der Waals surface area contributed by atoms with E-state index in [-0.39, 0.29) is 0 Å². The van der Waals surface area contributed by atoms with E-state index in [1.807, 2.05) is 12.1 Å². The lowest BCUT2D eigenvalue weighted by atomic mass is 9.92. The number of nitrogens with zero attached hydrogens (tertiary/aromatic N) is 4. The summed E-state index contributed by atoms with van der Waals surface area (Å²) in [6.45, 7) is 0. The van der Waals surface area contributed by atoms with Gasteiger partial charge in [0.2, 0.25) is 6.29 Å². The minimum Gasteiger partial charge on any atom is -0.331 e. The maximum absolute atomic E-state index is 5.43. The molecule has 5 heteroatoms. The van der Waals surface area contributed by atoms with E-state index in [0.717, 1.165) is 46.4 Å². The van der Waals surface area contributed by atoms with Crippen molar-refractivity contribution in [3.8, 4) is 27.9 Å². The van der Waals surface area contributed by atoms with E-state index in [2.05, 4.69) is 215 Å². The zero-order valence-electron chi connectivity index (χ0n) is 34.0. The first-order valence-corrected chi connectivity index (χ1v) is 21.4. The number of hydrogen-bond donors (Lipinski definition) is 1. The maximum Gasteiger partial charge on any atom is 0.204 e. The van der Waals surface area contributed by atoms with Gasteiger partial charge in [-0.05, 0) is 77.1 Å². The summed E-state index contributed by atoms with van der Waals surface area (Å²) in [6, 6.07) is 69.6. The number of rotatable bonds is 7. The van der Waals surface area contributed by atoms with Crippen molar-refractivity contribution in [1.82, 2.24) is 14.5 Å². The van der Waals surface area contributed by atoms with Crippen LogP contribution in [-0.2, 0) is 0 Å². The summed E-state index contributed by atoms with van der Waals surface area (Å²) in [5.74, 6) is 1.48. The van der Waals surface area contributed by atoms with Gasteiger partial charge in [0.25, 0.3) is 0 Å². The molecule has 62 heavy (non-hydrogen) atoms. The molecular weight excluding hydrogens is 755 g/mol. The van der Waals surface area contributed by atoms with E-state index >= 15 is 0 Å². The molecule has 8 aromatic carbocycles. The fourth-order valence-electron chi connectivity index (χ4n) is 9.49. The van der Waals surface area contributed by atoms with Crippen molar-refractivity contribution in [2.45, 2.75) is 19.1 Å². The van der Waals surface area contributed by atoms with E-state index < -0.39 is 6.29 Å². The summed E-state index contributed by atoms with van der Waals surface area (Å²) in [7, 11) is 0. The Hall–Kier alpha value is -8.02. The van der Waals surface area contributed by atoms with Crippen molar-refractivity contribution in [3.63, 3.8) is 0 Å². The second-order valence-electron chi connectivity index (χ2n) is 16.1. The summed E-state index contributed by atoms with van der Waals surface area (Å²) in [5, 5.41) is 8.54. The zero-order chi connectivity index (χ0) is 41.0. The highest BCUT2D eigenvalue weighted by molar-refractivity contribution is 6.19. The van der Waals surface area contributed by atoms with Crippen molar-refractivity contribution >= 4 is 60.9 Å². The molecule has 1 unspecified atom stereocenters. The normalized spacial score (nSPS) is 15.2. The number of aliphatic imine (C=N–C) groups is 2. The van der Waals surface area contributed by atoms with Crippen molar-refractivity contribution in [3.05, 3.63) is 229 Å². The van der Waals surface area contributed by atoms with Crippen LogP contribution in [-0.4, -0.2) is 20.8 Å². The molecule has 5 nitrogen and oxygen atoms in total. The van der Waals surface area contributed by atoms with Crippen LogP contribution >= 0.6 is 0 Å². The Morgan fingerprint density at radius 3 is 1.74 bits per heavy atom. The van der Waals surface area contributed by atoms with Crippen LogP contribution in [0.1, 0.15) is 35.8 Å². The largest absolute Gasteiger partial charge is 0.331 e. The molecule has 294 valence electrons. The molecule has 0 bridgehead atoms. The van der Waals surface area contributed by atoms with E-state index in [9.17, 15) is 0 Å². The standard InChI is InChI=1S/C57H41N5/c1-5-17-38(18-6-1)40-29-31-43(32-30-40)56-58-55(42-23-11-4-12-24-42)59-57(60-56)62-51-28-16-14-26-46(51)49-36-53-48(37-54(49)62)45-25-13-15-27-50(45)61(53)52-34-33-44(39-19-7-2-8-20-39)35-47(52)41-21-9-3-10-22-41/h1-9,11-21,23-37,57H,10,22H2,(H,58,59,60). The van der Waals surface area contributed by atoms with Gasteiger partial charge in [0.15, 0.2) is 5.84 Å². The molecule has 2 aromatic heterocycles. The van der Waals surface area contributed by atoms with Crippen LogP contribution < -0.4 is 5.32 Å². The smallest absolute Gasteiger partial charge is 0.204 e. The first-order valence-electron chi connectivity index (χ1n) is 21.4. The average Bonchev–Trinajstić information content (AvgIpc) is 3.86. The predicted molar refractivity (Wildman–Crippen MR) is 259 cm³/mol. The third-order valence-corrected chi connectivity index (χ3v) is 12.5. The van der Waals surface area contributed by atoms with E-state index in [0.29, 0.717) is 5.84 Å². The minimum atomic E-state index is -0.469. The fourth-order valence-corrected chi connectivity index (χ4v) is 9.49. The number of benzene rings is 8. The Balaban J connectivity index is 1.07. The number of nitrogens with one attached hydrogen (secondary N) is 1. The Kier molecular flexibility index (Phi) is 8.63. The number of hydrogen-bond acceptors (Lipinski definition) is 3. The van der Waals surface area contributed by atoms with Crippen molar-refractivity contribution in [2.24, 2.45) is 9.98 Å². The lowest BCUT2D eigenvalue weighted by molar-refractivity contribution is 0.516. The molecule has 0 radical (unpaired) electrons. The third kappa shape index (κ3) is 6.09. The fraction of sp³-hybridized carbons (Fsp3) is 0.0526. The van der Waals surface area contributed by atoms with Gasteiger partial charge in [0, 0.05) is 38.2 Å². The molecule has 10 aromatic rings. The lowest BCUT2D eigenvalue weighted by Gasteiger charge is -2.26. The first kappa shape index (κ1) is 35.9. The third-order valence-electron chi connectivity index (χ3n) is 12.5. The SMILES string of the molecule is C1=CCCC(c2cc(-c3ccccc3)ccc2-n2c3ccccc3c3cc4c(cc32)c2ccccc2n4C2N=C(c3ccc(-c4ccccc4)cc3)N=C(c3ccccc3)N2)=C1. The number of para-hydroxylation sites is 2. The zero-order valence-corrected chi connectivity index (χ0v) is 34.0. The highest BCUT2D eigenvalue weighted by Crippen LogP contribution is 2.42. The quantitative estimate of drug-likeness (QED) is 0.172. The Morgan fingerprint density at radius 1 is 0.468 bits per heavy atom. The topological polar surface area (TPSA) is 46.6 Å². The van der Waals surface area contributed by atoms with Gasteiger partial charge in [-0.15, -0.1) is 0 Å².